The molecule has 2 saturated heterocycles. The molecule has 1 aromatic heterocycles. The van der Waals surface area contributed by atoms with E-state index < -0.39 is 0 Å². The summed E-state index contributed by atoms with van der Waals surface area (Å²) < 4.78 is 6.08. The molecule has 1 N–H and O–H groups in total. The summed E-state index contributed by atoms with van der Waals surface area (Å²) in [6.07, 6.45) is 4.03. The van der Waals surface area contributed by atoms with Gasteiger partial charge in [0.1, 0.15) is 11.3 Å². The maximum absolute atomic E-state index is 6.08. The third-order valence-corrected chi connectivity index (χ3v) is 5.49. The molecule has 3 heterocycles. The lowest BCUT2D eigenvalue weighted by atomic mass is 9.78. The molecule has 0 saturated carbocycles. The fraction of sp³-hybridized carbons (Fsp3) is 0.556. The van der Waals surface area contributed by atoms with Crippen LogP contribution in [-0.2, 0) is 6.54 Å². The van der Waals surface area contributed by atoms with Crippen molar-refractivity contribution in [2.75, 3.05) is 26.2 Å². The van der Waals surface area contributed by atoms with Gasteiger partial charge in [0.15, 0.2) is 0 Å². The SMILES string of the molecule is Cc1c(CN2CCC3(CCNCC3)C2)oc2ccccc12. The zero-order chi connectivity index (χ0) is 14.3. The fourth-order valence-electron chi connectivity index (χ4n) is 4.11. The minimum absolute atomic E-state index is 0.575. The lowest BCUT2D eigenvalue weighted by molar-refractivity contribution is 0.189. The van der Waals surface area contributed by atoms with Gasteiger partial charge in [0.05, 0.1) is 6.54 Å². The van der Waals surface area contributed by atoms with E-state index in [1.165, 1.54) is 56.4 Å². The number of para-hydroxylation sites is 1. The topological polar surface area (TPSA) is 28.4 Å². The van der Waals surface area contributed by atoms with Gasteiger partial charge in [-0.3, -0.25) is 4.90 Å². The van der Waals surface area contributed by atoms with Crippen molar-refractivity contribution in [1.82, 2.24) is 10.2 Å². The van der Waals surface area contributed by atoms with E-state index >= 15 is 0 Å². The van der Waals surface area contributed by atoms with Crippen LogP contribution in [0.4, 0.5) is 0 Å². The molecule has 0 aliphatic carbocycles. The van der Waals surface area contributed by atoms with E-state index in [0.717, 1.165) is 17.9 Å². The molecule has 2 aliphatic heterocycles. The van der Waals surface area contributed by atoms with Gasteiger partial charge >= 0.3 is 0 Å². The van der Waals surface area contributed by atoms with Gasteiger partial charge in [0.25, 0.3) is 0 Å². The highest BCUT2D eigenvalue weighted by molar-refractivity contribution is 5.81. The average Bonchev–Trinajstić information content (AvgIpc) is 3.03. The Morgan fingerprint density at radius 3 is 2.81 bits per heavy atom. The molecule has 2 aromatic rings. The van der Waals surface area contributed by atoms with Crippen LogP contribution in [-0.4, -0.2) is 31.1 Å². The second-order valence-electron chi connectivity index (χ2n) is 6.86. The lowest BCUT2D eigenvalue weighted by Gasteiger charge is -2.33. The Bertz CT molecular complexity index is 640. The molecule has 1 aromatic carbocycles. The first-order valence-electron chi connectivity index (χ1n) is 8.16. The van der Waals surface area contributed by atoms with Crippen molar-refractivity contribution in [1.29, 1.82) is 0 Å². The van der Waals surface area contributed by atoms with E-state index in [0.29, 0.717) is 5.41 Å². The molecule has 0 amide bonds. The van der Waals surface area contributed by atoms with E-state index in [1.807, 2.05) is 0 Å². The number of nitrogens with one attached hydrogen (secondary N) is 1. The summed E-state index contributed by atoms with van der Waals surface area (Å²) in [5.74, 6) is 1.15. The molecule has 1 spiro atoms. The molecule has 2 aliphatic rings. The van der Waals surface area contributed by atoms with Gasteiger partial charge in [0, 0.05) is 11.9 Å². The Kier molecular flexibility index (Phi) is 3.27. The first-order valence-corrected chi connectivity index (χ1v) is 8.16. The Morgan fingerprint density at radius 2 is 2.00 bits per heavy atom. The number of aryl methyl sites for hydroxylation is 1. The minimum atomic E-state index is 0.575. The van der Waals surface area contributed by atoms with Crippen LogP contribution in [0.25, 0.3) is 11.0 Å². The largest absolute Gasteiger partial charge is 0.459 e. The monoisotopic (exact) mass is 284 g/mol. The van der Waals surface area contributed by atoms with Crippen molar-refractivity contribution in [2.24, 2.45) is 5.41 Å². The second kappa shape index (κ2) is 5.15. The maximum Gasteiger partial charge on any atom is 0.134 e. The molecule has 2 fully saturated rings. The van der Waals surface area contributed by atoms with Crippen molar-refractivity contribution in [3.05, 3.63) is 35.6 Å². The van der Waals surface area contributed by atoms with Crippen molar-refractivity contribution >= 4 is 11.0 Å². The molecule has 0 unspecified atom stereocenters. The normalized spacial score (nSPS) is 22.3. The predicted molar refractivity (Wildman–Crippen MR) is 85.4 cm³/mol. The summed E-state index contributed by atoms with van der Waals surface area (Å²) in [4.78, 5) is 2.59. The summed E-state index contributed by atoms with van der Waals surface area (Å²) in [6, 6.07) is 8.38. The van der Waals surface area contributed by atoms with Crippen LogP contribution in [0.5, 0.6) is 0 Å². The fourth-order valence-corrected chi connectivity index (χ4v) is 4.11. The van der Waals surface area contributed by atoms with Gasteiger partial charge in [-0.1, -0.05) is 18.2 Å². The summed E-state index contributed by atoms with van der Waals surface area (Å²) >= 11 is 0. The van der Waals surface area contributed by atoms with Gasteiger partial charge in [-0.05, 0) is 62.9 Å². The molecule has 21 heavy (non-hydrogen) atoms. The third-order valence-electron chi connectivity index (χ3n) is 5.49. The van der Waals surface area contributed by atoms with Crippen LogP contribution >= 0.6 is 0 Å². The lowest BCUT2D eigenvalue weighted by Crippen LogP contribution is -2.38. The Labute approximate surface area is 126 Å². The summed E-state index contributed by atoms with van der Waals surface area (Å²) in [7, 11) is 0. The van der Waals surface area contributed by atoms with Crippen LogP contribution in [0.15, 0.2) is 28.7 Å². The van der Waals surface area contributed by atoms with E-state index in [1.54, 1.807) is 0 Å². The summed E-state index contributed by atoms with van der Waals surface area (Å²) in [5, 5.41) is 4.76. The molecule has 4 rings (SSSR count). The van der Waals surface area contributed by atoms with E-state index in [9.17, 15) is 0 Å². The number of hydrogen-bond acceptors (Lipinski definition) is 3. The smallest absolute Gasteiger partial charge is 0.134 e. The van der Waals surface area contributed by atoms with Crippen LogP contribution in [0.1, 0.15) is 30.6 Å². The van der Waals surface area contributed by atoms with Crippen LogP contribution in [0.2, 0.25) is 0 Å². The van der Waals surface area contributed by atoms with Crippen LogP contribution in [0, 0.1) is 12.3 Å². The Hall–Kier alpha value is -1.32. The summed E-state index contributed by atoms with van der Waals surface area (Å²) in [5.41, 5.74) is 2.92. The van der Waals surface area contributed by atoms with E-state index in [4.69, 9.17) is 4.42 Å². The standard InChI is InChI=1S/C18H24N2O/c1-14-15-4-2-3-5-16(15)21-17(14)12-20-11-8-18(13-20)6-9-19-10-7-18/h2-5,19H,6-13H2,1H3. The van der Waals surface area contributed by atoms with Gasteiger partial charge in [-0.15, -0.1) is 0 Å². The number of likely N-dealkylation sites (tertiary alicyclic amines) is 1. The van der Waals surface area contributed by atoms with Gasteiger partial charge in [0.2, 0.25) is 0 Å². The zero-order valence-corrected chi connectivity index (χ0v) is 12.8. The van der Waals surface area contributed by atoms with Gasteiger partial charge in [-0.2, -0.15) is 0 Å². The van der Waals surface area contributed by atoms with E-state index in [2.05, 4.69) is 41.4 Å². The quantitative estimate of drug-likeness (QED) is 0.917. The first-order chi connectivity index (χ1) is 10.3. The second-order valence-corrected chi connectivity index (χ2v) is 6.86. The molecule has 0 atom stereocenters. The molecule has 112 valence electrons. The zero-order valence-electron chi connectivity index (χ0n) is 12.8. The van der Waals surface area contributed by atoms with Crippen molar-refractivity contribution in [3.63, 3.8) is 0 Å². The average molecular weight is 284 g/mol. The maximum atomic E-state index is 6.08. The highest BCUT2D eigenvalue weighted by atomic mass is 16.3. The molecular formula is C18H24N2O. The van der Waals surface area contributed by atoms with Crippen LogP contribution < -0.4 is 5.32 Å². The minimum Gasteiger partial charge on any atom is -0.459 e. The van der Waals surface area contributed by atoms with Crippen molar-refractivity contribution in [2.45, 2.75) is 32.7 Å². The number of piperidine rings is 1. The molecule has 0 radical (unpaired) electrons. The highest BCUT2D eigenvalue weighted by Crippen LogP contribution is 2.39. The molecule has 3 heteroatoms. The number of rotatable bonds is 2. The predicted octanol–water partition coefficient (Wildman–Crippen LogP) is 3.32. The van der Waals surface area contributed by atoms with E-state index in [-0.39, 0.29) is 0 Å². The van der Waals surface area contributed by atoms with Crippen molar-refractivity contribution < 1.29 is 4.42 Å². The molecule has 0 bridgehead atoms. The third kappa shape index (κ3) is 2.39. The highest BCUT2D eigenvalue weighted by Gasteiger charge is 2.39. The first kappa shape index (κ1) is 13.4. The number of benzene rings is 1. The Morgan fingerprint density at radius 1 is 1.19 bits per heavy atom. The van der Waals surface area contributed by atoms with Crippen molar-refractivity contribution in [3.8, 4) is 0 Å². The summed E-state index contributed by atoms with van der Waals surface area (Å²) in [6.45, 7) is 8.00. The number of nitrogens with zero attached hydrogens (tertiary/aromatic N) is 1. The number of fused-ring (bicyclic) bond motifs is 1. The molecule has 3 nitrogen and oxygen atoms in total. The van der Waals surface area contributed by atoms with Crippen LogP contribution in [0.3, 0.4) is 0 Å². The number of hydrogen-bond donors (Lipinski definition) is 1. The molecular weight excluding hydrogens is 260 g/mol. The van der Waals surface area contributed by atoms with Gasteiger partial charge < -0.3 is 9.73 Å². The Balaban J connectivity index is 1.52. The number of furan rings is 1. The van der Waals surface area contributed by atoms with Gasteiger partial charge in [-0.25, -0.2) is 0 Å².